The molecule has 3 amide bonds. The van der Waals surface area contributed by atoms with Gasteiger partial charge in [-0.15, -0.1) is 0 Å². The van der Waals surface area contributed by atoms with E-state index < -0.39 is 43.8 Å². The Morgan fingerprint density at radius 2 is 1.32 bits per heavy atom. The molecule has 1 aliphatic rings. The zero-order valence-corrected chi connectivity index (χ0v) is 28.6. The number of aromatic nitrogens is 1. The highest BCUT2D eigenvalue weighted by Gasteiger charge is 2.51. The van der Waals surface area contributed by atoms with Crippen LogP contribution in [0.5, 0.6) is 0 Å². The molecule has 0 aliphatic carbocycles. The van der Waals surface area contributed by atoms with E-state index in [0.29, 0.717) is 5.69 Å². The van der Waals surface area contributed by atoms with Crippen molar-refractivity contribution < 1.29 is 23.2 Å². The highest BCUT2D eigenvalue weighted by molar-refractivity contribution is 6.99. The number of hydrogen-bond acceptors (Lipinski definition) is 5. The number of pyridine rings is 1. The number of nitrogens with zero attached hydrogens (tertiary/aromatic N) is 2. The Balaban J connectivity index is 1.40. The first kappa shape index (κ1) is 33.9. The molecular formula is C38H42FN3O4Si. The average Bonchev–Trinajstić information content (AvgIpc) is 3.30. The standard InChI is InChI=1S/C38H42FN3O4Si/c1-37(2,3)47(27-17-8-6-9-18-27,28-19-10-7-11-20-28)46-26-16-23-31(39)33(34(43)41-38(4,5)32-24-14-15-25-40-32)42-35(44)29-21-12-13-22-30(29)36(42)45/h6-15,17-22,24-25,31,33H,16,23,26H2,1-5H3,(H,41,43)/t31-,33-/m0/s1. The molecule has 1 aliphatic heterocycles. The minimum Gasteiger partial charge on any atom is -0.407 e. The van der Waals surface area contributed by atoms with Gasteiger partial charge >= 0.3 is 0 Å². The zero-order valence-electron chi connectivity index (χ0n) is 27.6. The van der Waals surface area contributed by atoms with Gasteiger partial charge in [-0.05, 0) is 66.4 Å². The van der Waals surface area contributed by atoms with E-state index in [9.17, 15) is 14.4 Å². The second-order valence-corrected chi connectivity index (χ2v) is 17.8. The van der Waals surface area contributed by atoms with Crippen LogP contribution in [0.1, 0.15) is 73.9 Å². The van der Waals surface area contributed by atoms with Crippen LogP contribution < -0.4 is 15.7 Å². The highest BCUT2D eigenvalue weighted by atomic mass is 28.4. The van der Waals surface area contributed by atoms with Crippen LogP contribution in [0.4, 0.5) is 4.39 Å². The van der Waals surface area contributed by atoms with E-state index in [2.05, 4.69) is 55.3 Å². The van der Waals surface area contributed by atoms with Crippen LogP contribution in [0.25, 0.3) is 0 Å². The van der Waals surface area contributed by atoms with Gasteiger partial charge < -0.3 is 9.74 Å². The Morgan fingerprint density at radius 3 is 1.81 bits per heavy atom. The van der Waals surface area contributed by atoms with E-state index >= 15 is 4.39 Å². The van der Waals surface area contributed by atoms with Crippen LogP contribution in [0, 0.1) is 0 Å². The normalized spacial score (nSPS) is 14.9. The number of benzene rings is 3. The fourth-order valence-electron chi connectivity index (χ4n) is 6.51. The molecule has 2 atom stereocenters. The molecule has 1 N–H and O–H groups in total. The number of carbonyl (C=O) groups is 3. The lowest BCUT2D eigenvalue weighted by Gasteiger charge is -2.43. The van der Waals surface area contributed by atoms with Gasteiger partial charge in [0.15, 0.2) is 0 Å². The Morgan fingerprint density at radius 1 is 0.809 bits per heavy atom. The number of rotatable bonds is 12. The third kappa shape index (κ3) is 6.68. The van der Waals surface area contributed by atoms with Crippen LogP contribution in [0.2, 0.25) is 5.04 Å². The number of nitrogens with one attached hydrogen (secondary N) is 1. The Bertz CT molecular complexity index is 1640. The first-order valence-electron chi connectivity index (χ1n) is 16.0. The van der Waals surface area contributed by atoms with E-state index in [-0.39, 0.29) is 35.6 Å². The van der Waals surface area contributed by atoms with Crippen LogP contribution >= 0.6 is 0 Å². The van der Waals surface area contributed by atoms with Crippen molar-refractivity contribution in [1.82, 2.24) is 15.2 Å². The number of imide groups is 1. The van der Waals surface area contributed by atoms with Crippen LogP contribution in [0.15, 0.2) is 109 Å². The summed E-state index contributed by atoms with van der Waals surface area (Å²) in [4.78, 5) is 46.1. The number of fused-ring (bicyclic) bond motifs is 1. The second kappa shape index (κ2) is 13.7. The second-order valence-electron chi connectivity index (χ2n) is 13.5. The Hall–Kier alpha value is -4.47. The molecule has 0 radical (unpaired) electrons. The van der Waals surface area contributed by atoms with Gasteiger partial charge in [0.1, 0.15) is 12.2 Å². The SMILES string of the molecule is CC(C)(NC(=O)[C@H]([C@@H](F)CCCO[Si](c1ccccc1)(c1ccccc1)C(C)(C)C)N1C(=O)c2ccccc2C1=O)c1ccccn1. The molecule has 0 spiro atoms. The van der Waals surface area contributed by atoms with Gasteiger partial charge in [-0.3, -0.25) is 24.3 Å². The van der Waals surface area contributed by atoms with E-state index in [1.165, 1.54) is 12.1 Å². The number of carbonyl (C=O) groups excluding carboxylic acids is 3. The maximum absolute atomic E-state index is 16.6. The fraction of sp³-hybridized carbons (Fsp3) is 0.316. The first-order chi connectivity index (χ1) is 22.4. The van der Waals surface area contributed by atoms with E-state index in [1.807, 2.05) is 36.4 Å². The molecule has 0 fully saturated rings. The predicted molar refractivity (Wildman–Crippen MR) is 184 cm³/mol. The number of hydrogen-bond donors (Lipinski definition) is 1. The summed E-state index contributed by atoms with van der Waals surface area (Å²) in [6, 6.07) is 30.3. The fourth-order valence-corrected chi connectivity index (χ4v) is 11.1. The lowest BCUT2D eigenvalue weighted by Crippen LogP contribution is -2.66. The summed E-state index contributed by atoms with van der Waals surface area (Å²) in [7, 11) is -2.86. The lowest BCUT2D eigenvalue weighted by atomic mass is 9.97. The maximum atomic E-state index is 16.6. The minimum atomic E-state index is -2.86. The van der Waals surface area contributed by atoms with Crippen molar-refractivity contribution in [2.45, 2.75) is 70.3 Å². The van der Waals surface area contributed by atoms with E-state index in [0.717, 1.165) is 15.3 Å². The molecule has 3 aromatic carbocycles. The van der Waals surface area contributed by atoms with Crippen LogP contribution in [-0.2, 0) is 14.8 Å². The predicted octanol–water partition coefficient (Wildman–Crippen LogP) is 5.79. The molecule has 47 heavy (non-hydrogen) atoms. The summed E-state index contributed by atoms with van der Waals surface area (Å²) >= 11 is 0. The van der Waals surface area contributed by atoms with Crippen molar-refractivity contribution in [3.8, 4) is 0 Å². The van der Waals surface area contributed by atoms with Crippen molar-refractivity contribution in [2.75, 3.05) is 6.61 Å². The summed E-state index contributed by atoms with van der Waals surface area (Å²) in [6.07, 6.45) is -0.0792. The largest absolute Gasteiger partial charge is 0.407 e. The lowest BCUT2D eigenvalue weighted by molar-refractivity contribution is -0.129. The molecule has 0 bridgehead atoms. The van der Waals surface area contributed by atoms with Gasteiger partial charge in [0.2, 0.25) is 5.91 Å². The van der Waals surface area contributed by atoms with Gasteiger partial charge in [-0.25, -0.2) is 4.39 Å². The molecule has 0 unspecified atom stereocenters. The molecular weight excluding hydrogens is 610 g/mol. The van der Waals surface area contributed by atoms with E-state index in [4.69, 9.17) is 4.43 Å². The summed E-state index contributed by atoms with van der Waals surface area (Å²) in [6.45, 7) is 10.2. The monoisotopic (exact) mass is 651 g/mol. The van der Waals surface area contributed by atoms with Gasteiger partial charge in [0.05, 0.1) is 22.4 Å². The molecule has 244 valence electrons. The van der Waals surface area contributed by atoms with Gasteiger partial charge in [-0.1, -0.05) is 99.6 Å². The van der Waals surface area contributed by atoms with Crippen molar-refractivity contribution in [2.24, 2.45) is 0 Å². The Labute approximate surface area is 277 Å². The molecule has 4 aromatic rings. The molecule has 7 nitrogen and oxygen atoms in total. The smallest absolute Gasteiger partial charge is 0.262 e. The van der Waals surface area contributed by atoms with Gasteiger partial charge in [0.25, 0.3) is 20.1 Å². The summed E-state index contributed by atoms with van der Waals surface area (Å²) in [5.74, 6) is -2.14. The average molecular weight is 652 g/mol. The first-order valence-corrected chi connectivity index (χ1v) is 17.9. The molecule has 2 heterocycles. The Kier molecular flexibility index (Phi) is 9.88. The van der Waals surface area contributed by atoms with Crippen molar-refractivity contribution in [3.63, 3.8) is 0 Å². The third-order valence-electron chi connectivity index (χ3n) is 8.82. The molecule has 0 saturated carbocycles. The van der Waals surface area contributed by atoms with Gasteiger partial charge in [0, 0.05) is 12.8 Å². The number of alkyl halides is 1. The highest BCUT2D eigenvalue weighted by Crippen LogP contribution is 2.37. The van der Waals surface area contributed by atoms with Crippen LogP contribution in [0.3, 0.4) is 0 Å². The van der Waals surface area contributed by atoms with Crippen LogP contribution in [-0.4, -0.2) is 54.7 Å². The topological polar surface area (TPSA) is 88.6 Å². The summed E-state index contributed by atoms with van der Waals surface area (Å²) in [5, 5.41) is 4.82. The third-order valence-corrected chi connectivity index (χ3v) is 13.9. The molecule has 5 rings (SSSR count). The zero-order chi connectivity index (χ0) is 33.8. The molecule has 9 heteroatoms. The van der Waals surface area contributed by atoms with Crippen molar-refractivity contribution in [3.05, 3.63) is 126 Å². The quantitative estimate of drug-likeness (QED) is 0.119. The summed E-state index contributed by atoms with van der Waals surface area (Å²) < 4.78 is 23.5. The van der Waals surface area contributed by atoms with Crippen molar-refractivity contribution in [1.29, 1.82) is 0 Å². The molecule has 0 saturated heterocycles. The summed E-state index contributed by atoms with van der Waals surface area (Å²) in [5.41, 5.74) is -0.131. The number of amides is 3. The van der Waals surface area contributed by atoms with Gasteiger partial charge in [-0.2, -0.15) is 0 Å². The minimum absolute atomic E-state index is 0.103. The van der Waals surface area contributed by atoms with Crippen molar-refractivity contribution >= 4 is 36.4 Å². The van der Waals surface area contributed by atoms with E-state index in [1.54, 1.807) is 50.4 Å². The maximum Gasteiger partial charge on any atom is 0.262 e. The number of halogens is 1. The molecule has 1 aromatic heterocycles.